The van der Waals surface area contributed by atoms with Crippen molar-refractivity contribution in [3.63, 3.8) is 0 Å². The SMILES string of the molecule is CCCCCCCCCCc1ccc(-c2noc(C[C@@H]3CCNC3)n2)cc1C. The van der Waals surface area contributed by atoms with Crippen LogP contribution in [0.5, 0.6) is 0 Å². The monoisotopic (exact) mass is 383 g/mol. The minimum Gasteiger partial charge on any atom is -0.339 e. The molecular formula is C24H37N3O. The Kier molecular flexibility index (Phi) is 8.53. The molecule has 2 heterocycles. The smallest absolute Gasteiger partial charge is 0.227 e. The average molecular weight is 384 g/mol. The van der Waals surface area contributed by atoms with Gasteiger partial charge in [0.25, 0.3) is 0 Å². The van der Waals surface area contributed by atoms with E-state index in [4.69, 9.17) is 4.52 Å². The fraction of sp³-hybridized carbons (Fsp3) is 0.667. The number of hydrogen-bond donors (Lipinski definition) is 1. The first-order valence-electron chi connectivity index (χ1n) is 11.4. The molecular weight excluding hydrogens is 346 g/mol. The van der Waals surface area contributed by atoms with Crippen molar-refractivity contribution in [1.82, 2.24) is 15.5 Å². The van der Waals surface area contributed by atoms with E-state index in [0.717, 1.165) is 36.8 Å². The molecule has 0 saturated carbocycles. The van der Waals surface area contributed by atoms with Gasteiger partial charge < -0.3 is 9.84 Å². The van der Waals surface area contributed by atoms with E-state index in [1.54, 1.807) is 0 Å². The Hall–Kier alpha value is -1.68. The summed E-state index contributed by atoms with van der Waals surface area (Å²) < 4.78 is 5.49. The van der Waals surface area contributed by atoms with Gasteiger partial charge in [-0.15, -0.1) is 0 Å². The maximum atomic E-state index is 5.49. The van der Waals surface area contributed by atoms with Gasteiger partial charge in [-0.3, -0.25) is 0 Å². The second kappa shape index (κ2) is 11.4. The molecule has 0 bridgehead atoms. The van der Waals surface area contributed by atoms with Crippen LogP contribution in [0.15, 0.2) is 22.7 Å². The molecule has 3 rings (SSSR count). The van der Waals surface area contributed by atoms with Crippen molar-refractivity contribution in [3.8, 4) is 11.4 Å². The molecule has 0 radical (unpaired) electrons. The molecule has 0 unspecified atom stereocenters. The summed E-state index contributed by atoms with van der Waals surface area (Å²) in [5, 5.41) is 7.60. The van der Waals surface area contributed by atoms with Crippen LogP contribution in [0.1, 0.15) is 81.7 Å². The predicted molar refractivity (Wildman–Crippen MR) is 115 cm³/mol. The van der Waals surface area contributed by atoms with Crippen LogP contribution < -0.4 is 5.32 Å². The molecule has 1 atom stereocenters. The third-order valence-electron chi connectivity index (χ3n) is 5.99. The van der Waals surface area contributed by atoms with Gasteiger partial charge in [-0.2, -0.15) is 4.98 Å². The molecule has 28 heavy (non-hydrogen) atoms. The van der Waals surface area contributed by atoms with Crippen LogP contribution in [0, 0.1) is 12.8 Å². The summed E-state index contributed by atoms with van der Waals surface area (Å²) in [6.07, 6.45) is 14.2. The summed E-state index contributed by atoms with van der Waals surface area (Å²) in [6.45, 7) is 6.64. The number of nitrogens with one attached hydrogen (secondary N) is 1. The highest BCUT2D eigenvalue weighted by molar-refractivity contribution is 5.56. The Labute approximate surface area is 170 Å². The molecule has 0 aliphatic carbocycles. The van der Waals surface area contributed by atoms with Crippen LogP contribution in [0.2, 0.25) is 0 Å². The minimum absolute atomic E-state index is 0.629. The minimum atomic E-state index is 0.629. The summed E-state index contributed by atoms with van der Waals surface area (Å²) >= 11 is 0. The average Bonchev–Trinajstić information content (AvgIpc) is 3.37. The predicted octanol–water partition coefficient (Wildman–Crippen LogP) is 5.88. The van der Waals surface area contributed by atoms with Gasteiger partial charge in [0.05, 0.1) is 0 Å². The van der Waals surface area contributed by atoms with Crippen molar-refractivity contribution < 1.29 is 4.52 Å². The van der Waals surface area contributed by atoms with E-state index in [-0.39, 0.29) is 0 Å². The Balaban J connectivity index is 1.44. The van der Waals surface area contributed by atoms with Crippen LogP contribution in [0.25, 0.3) is 11.4 Å². The van der Waals surface area contributed by atoms with Gasteiger partial charge in [-0.05, 0) is 62.4 Å². The van der Waals surface area contributed by atoms with Gasteiger partial charge in [0.2, 0.25) is 11.7 Å². The van der Waals surface area contributed by atoms with E-state index in [0.29, 0.717) is 5.92 Å². The van der Waals surface area contributed by atoms with Gasteiger partial charge in [-0.25, -0.2) is 0 Å². The van der Waals surface area contributed by atoms with Crippen molar-refractivity contribution in [3.05, 3.63) is 35.2 Å². The Morgan fingerprint density at radius 2 is 1.86 bits per heavy atom. The number of aryl methyl sites for hydroxylation is 2. The molecule has 1 aliphatic rings. The highest BCUT2D eigenvalue weighted by atomic mass is 16.5. The number of nitrogens with zero attached hydrogens (tertiary/aromatic N) is 2. The molecule has 0 spiro atoms. The van der Waals surface area contributed by atoms with Crippen molar-refractivity contribution in [2.45, 2.75) is 84.5 Å². The zero-order valence-electron chi connectivity index (χ0n) is 17.8. The highest BCUT2D eigenvalue weighted by Gasteiger charge is 2.19. The lowest BCUT2D eigenvalue weighted by atomic mass is 9.99. The zero-order valence-corrected chi connectivity index (χ0v) is 17.8. The Bertz CT molecular complexity index is 704. The highest BCUT2D eigenvalue weighted by Crippen LogP contribution is 2.23. The number of aromatic nitrogens is 2. The zero-order chi connectivity index (χ0) is 19.6. The maximum absolute atomic E-state index is 5.49. The van der Waals surface area contributed by atoms with Crippen LogP contribution in [-0.4, -0.2) is 23.2 Å². The summed E-state index contributed by atoms with van der Waals surface area (Å²) in [5.74, 6) is 2.12. The summed E-state index contributed by atoms with van der Waals surface area (Å²) in [6, 6.07) is 6.62. The molecule has 1 aromatic heterocycles. The standard InChI is InChI=1S/C24H37N3O/c1-3-4-5-6-7-8-9-10-11-21-12-13-22(16-19(21)2)24-26-23(28-27-24)17-20-14-15-25-18-20/h12-13,16,20,25H,3-11,14-15,17-18H2,1-2H3/t20-/m0/s1. The lowest BCUT2D eigenvalue weighted by Gasteiger charge is -2.07. The fourth-order valence-electron chi connectivity index (χ4n) is 4.16. The normalized spacial score (nSPS) is 16.7. The van der Waals surface area contributed by atoms with Gasteiger partial charge in [0.15, 0.2) is 0 Å². The van der Waals surface area contributed by atoms with Gasteiger partial charge in [0.1, 0.15) is 0 Å². The third kappa shape index (κ3) is 6.44. The molecule has 4 heteroatoms. The van der Waals surface area contributed by atoms with Crippen molar-refractivity contribution >= 4 is 0 Å². The Morgan fingerprint density at radius 1 is 1.07 bits per heavy atom. The molecule has 0 amide bonds. The maximum Gasteiger partial charge on any atom is 0.227 e. The first-order valence-corrected chi connectivity index (χ1v) is 11.4. The van der Waals surface area contributed by atoms with Gasteiger partial charge in [-0.1, -0.05) is 69.2 Å². The molecule has 1 aromatic carbocycles. The Morgan fingerprint density at radius 3 is 2.57 bits per heavy atom. The molecule has 1 fully saturated rings. The number of hydrogen-bond acceptors (Lipinski definition) is 4. The van der Waals surface area contributed by atoms with Crippen LogP contribution in [-0.2, 0) is 12.8 Å². The second-order valence-corrected chi connectivity index (χ2v) is 8.44. The van der Waals surface area contributed by atoms with Crippen molar-refractivity contribution in [1.29, 1.82) is 0 Å². The lowest BCUT2D eigenvalue weighted by Crippen LogP contribution is -2.10. The largest absolute Gasteiger partial charge is 0.339 e. The van der Waals surface area contributed by atoms with E-state index in [9.17, 15) is 0 Å². The van der Waals surface area contributed by atoms with Gasteiger partial charge >= 0.3 is 0 Å². The van der Waals surface area contributed by atoms with E-state index in [1.807, 2.05) is 0 Å². The van der Waals surface area contributed by atoms with Gasteiger partial charge in [0, 0.05) is 12.0 Å². The van der Waals surface area contributed by atoms with Crippen molar-refractivity contribution in [2.24, 2.45) is 5.92 Å². The first kappa shape index (κ1) is 21.0. The lowest BCUT2D eigenvalue weighted by molar-refractivity contribution is 0.358. The number of unbranched alkanes of at least 4 members (excludes halogenated alkanes) is 7. The van der Waals surface area contributed by atoms with Crippen LogP contribution >= 0.6 is 0 Å². The number of rotatable bonds is 12. The second-order valence-electron chi connectivity index (χ2n) is 8.44. The van der Waals surface area contributed by atoms with Crippen LogP contribution in [0.3, 0.4) is 0 Å². The van der Waals surface area contributed by atoms with E-state index >= 15 is 0 Å². The van der Waals surface area contributed by atoms with E-state index < -0.39 is 0 Å². The quantitative estimate of drug-likeness (QED) is 0.465. The van der Waals surface area contributed by atoms with Crippen LogP contribution in [0.4, 0.5) is 0 Å². The molecule has 1 saturated heterocycles. The van der Waals surface area contributed by atoms with E-state index in [2.05, 4.69) is 47.5 Å². The summed E-state index contributed by atoms with van der Waals surface area (Å²) in [7, 11) is 0. The number of benzene rings is 1. The summed E-state index contributed by atoms with van der Waals surface area (Å²) in [5.41, 5.74) is 3.86. The molecule has 154 valence electrons. The molecule has 1 N–H and O–H groups in total. The van der Waals surface area contributed by atoms with Crippen molar-refractivity contribution in [2.75, 3.05) is 13.1 Å². The fourth-order valence-corrected chi connectivity index (χ4v) is 4.16. The first-order chi connectivity index (χ1) is 13.8. The van der Waals surface area contributed by atoms with E-state index in [1.165, 1.54) is 75.3 Å². The topological polar surface area (TPSA) is 51.0 Å². The molecule has 2 aromatic rings. The molecule has 1 aliphatic heterocycles. The molecule has 4 nitrogen and oxygen atoms in total. The third-order valence-corrected chi connectivity index (χ3v) is 5.99. The summed E-state index contributed by atoms with van der Waals surface area (Å²) in [4.78, 5) is 4.63.